The Morgan fingerprint density at radius 1 is 1.40 bits per heavy atom. The lowest BCUT2D eigenvalue weighted by Gasteiger charge is -2.30. The van der Waals surface area contributed by atoms with Crippen molar-refractivity contribution in [2.24, 2.45) is 0 Å². The third-order valence-electron chi connectivity index (χ3n) is 3.57. The van der Waals surface area contributed by atoms with Crippen LogP contribution in [0.5, 0.6) is 5.75 Å². The number of methoxy groups -OCH3 is 1. The van der Waals surface area contributed by atoms with Crippen LogP contribution in [0.1, 0.15) is 32.3 Å². The number of nitrogens with one attached hydrogen (secondary N) is 1. The molecule has 2 N–H and O–H groups in total. The Kier molecular flexibility index (Phi) is 6.25. The molecule has 4 nitrogen and oxygen atoms in total. The quantitative estimate of drug-likeness (QED) is 0.752. The van der Waals surface area contributed by atoms with Gasteiger partial charge in [-0.05, 0) is 36.6 Å². The molecule has 110 valence electrons. The largest absolute Gasteiger partial charge is 0.497 e. The zero-order chi connectivity index (χ0) is 15.0. The molecular formula is C16H23NO3. The molecule has 0 radical (unpaired) electrons. The van der Waals surface area contributed by atoms with Gasteiger partial charge in [-0.25, -0.2) is 0 Å². The number of rotatable bonds is 7. The fourth-order valence-corrected chi connectivity index (χ4v) is 1.91. The Morgan fingerprint density at radius 2 is 2.10 bits per heavy atom. The van der Waals surface area contributed by atoms with Gasteiger partial charge in [-0.2, -0.15) is 0 Å². The molecule has 1 aromatic rings. The zero-order valence-electron chi connectivity index (χ0n) is 12.3. The lowest BCUT2D eigenvalue weighted by Crippen LogP contribution is -2.49. The van der Waals surface area contributed by atoms with E-state index in [1.54, 1.807) is 13.2 Å². The molecule has 4 heteroatoms. The fourth-order valence-electron chi connectivity index (χ4n) is 1.91. The summed E-state index contributed by atoms with van der Waals surface area (Å²) in [4.78, 5) is 11.9. The molecule has 0 aliphatic carbocycles. The standard InChI is InChI=1S/C16H23NO3/c1-4-16(5-2,12-18)17-15(19)10-9-13-7-6-8-14(11-13)20-3/h6-11,18H,4-5,12H2,1-3H3,(H,17,19). The maximum Gasteiger partial charge on any atom is 0.244 e. The molecule has 0 heterocycles. The summed E-state index contributed by atoms with van der Waals surface area (Å²) < 4.78 is 5.13. The normalized spacial score (nSPS) is 11.6. The van der Waals surface area contributed by atoms with Gasteiger partial charge in [0.25, 0.3) is 0 Å². The Labute approximate surface area is 120 Å². The SMILES string of the molecule is CCC(CC)(CO)NC(=O)C=Cc1cccc(OC)c1. The molecule has 0 aromatic heterocycles. The topological polar surface area (TPSA) is 58.6 Å². The predicted molar refractivity (Wildman–Crippen MR) is 80.6 cm³/mol. The molecule has 0 saturated carbocycles. The van der Waals surface area contributed by atoms with E-state index in [9.17, 15) is 9.90 Å². The van der Waals surface area contributed by atoms with E-state index in [2.05, 4.69) is 5.32 Å². The Morgan fingerprint density at radius 3 is 2.65 bits per heavy atom. The molecule has 0 spiro atoms. The molecule has 20 heavy (non-hydrogen) atoms. The zero-order valence-corrected chi connectivity index (χ0v) is 12.3. The average molecular weight is 277 g/mol. The number of hydrogen-bond acceptors (Lipinski definition) is 3. The Balaban J connectivity index is 2.72. The van der Waals surface area contributed by atoms with Crippen molar-refractivity contribution in [1.82, 2.24) is 5.32 Å². The number of benzene rings is 1. The monoisotopic (exact) mass is 277 g/mol. The second-order valence-corrected chi connectivity index (χ2v) is 4.74. The van der Waals surface area contributed by atoms with E-state index in [4.69, 9.17) is 4.74 Å². The Hall–Kier alpha value is -1.81. The van der Waals surface area contributed by atoms with Gasteiger partial charge in [-0.15, -0.1) is 0 Å². The van der Waals surface area contributed by atoms with E-state index in [0.29, 0.717) is 12.8 Å². The molecule has 0 fully saturated rings. The van der Waals surface area contributed by atoms with Crippen molar-refractivity contribution < 1.29 is 14.6 Å². The molecule has 0 saturated heterocycles. The van der Waals surface area contributed by atoms with E-state index in [1.165, 1.54) is 6.08 Å². The van der Waals surface area contributed by atoms with Crippen LogP contribution in [-0.2, 0) is 4.79 Å². The van der Waals surface area contributed by atoms with Gasteiger partial charge in [0.1, 0.15) is 5.75 Å². The van der Waals surface area contributed by atoms with Crippen LogP contribution in [0.2, 0.25) is 0 Å². The van der Waals surface area contributed by atoms with Crippen molar-refractivity contribution in [3.63, 3.8) is 0 Å². The number of ether oxygens (including phenoxy) is 1. The second kappa shape index (κ2) is 7.70. The highest BCUT2D eigenvalue weighted by Gasteiger charge is 2.26. The van der Waals surface area contributed by atoms with Gasteiger partial charge in [-0.3, -0.25) is 4.79 Å². The van der Waals surface area contributed by atoms with E-state index >= 15 is 0 Å². The smallest absolute Gasteiger partial charge is 0.244 e. The van der Waals surface area contributed by atoms with Crippen molar-refractivity contribution in [2.75, 3.05) is 13.7 Å². The van der Waals surface area contributed by atoms with Crippen molar-refractivity contribution in [2.45, 2.75) is 32.2 Å². The lowest BCUT2D eigenvalue weighted by molar-refractivity contribution is -0.119. The molecule has 1 amide bonds. The highest BCUT2D eigenvalue weighted by atomic mass is 16.5. The van der Waals surface area contributed by atoms with Crippen LogP contribution in [0.15, 0.2) is 30.3 Å². The maximum atomic E-state index is 11.9. The van der Waals surface area contributed by atoms with Gasteiger partial charge < -0.3 is 15.2 Å². The minimum absolute atomic E-state index is 0.0568. The van der Waals surface area contributed by atoms with Crippen LogP contribution in [0, 0.1) is 0 Å². The molecule has 1 aromatic carbocycles. The van der Waals surface area contributed by atoms with Gasteiger partial charge in [0.05, 0.1) is 19.3 Å². The van der Waals surface area contributed by atoms with Crippen molar-refractivity contribution in [1.29, 1.82) is 0 Å². The molecule has 1 rings (SSSR count). The lowest BCUT2D eigenvalue weighted by atomic mass is 9.94. The first kappa shape index (κ1) is 16.2. The third-order valence-corrected chi connectivity index (χ3v) is 3.57. The summed E-state index contributed by atoms with van der Waals surface area (Å²) >= 11 is 0. The number of aliphatic hydroxyl groups is 1. The average Bonchev–Trinajstić information content (AvgIpc) is 2.51. The van der Waals surface area contributed by atoms with Gasteiger partial charge in [0, 0.05) is 6.08 Å². The fraction of sp³-hybridized carbons (Fsp3) is 0.438. The number of aliphatic hydroxyl groups excluding tert-OH is 1. The first-order valence-electron chi connectivity index (χ1n) is 6.84. The summed E-state index contributed by atoms with van der Waals surface area (Å²) in [5.74, 6) is 0.546. The number of amides is 1. The van der Waals surface area contributed by atoms with Crippen LogP contribution < -0.4 is 10.1 Å². The number of hydrogen-bond donors (Lipinski definition) is 2. The van der Waals surface area contributed by atoms with Crippen LogP contribution in [0.25, 0.3) is 6.08 Å². The summed E-state index contributed by atoms with van der Waals surface area (Å²) in [7, 11) is 1.60. The minimum atomic E-state index is -0.532. The first-order chi connectivity index (χ1) is 9.59. The summed E-state index contributed by atoms with van der Waals surface area (Å²) in [5, 5.41) is 12.3. The van der Waals surface area contributed by atoms with Crippen LogP contribution in [0.4, 0.5) is 0 Å². The van der Waals surface area contributed by atoms with Gasteiger partial charge >= 0.3 is 0 Å². The van der Waals surface area contributed by atoms with Crippen LogP contribution >= 0.6 is 0 Å². The minimum Gasteiger partial charge on any atom is -0.497 e. The van der Waals surface area contributed by atoms with Crippen molar-refractivity contribution in [3.05, 3.63) is 35.9 Å². The molecule has 0 bridgehead atoms. The highest BCUT2D eigenvalue weighted by molar-refractivity contribution is 5.92. The number of carbonyl (C=O) groups is 1. The van der Waals surface area contributed by atoms with E-state index in [-0.39, 0.29) is 12.5 Å². The van der Waals surface area contributed by atoms with Crippen molar-refractivity contribution >= 4 is 12.0 Å². The van der Waals surface area contributed by atoms with Crippen molar-refractivity contribution in [3.8, 4) is 5.75 Å². The van der Waals surface area contributed by atoms with Crippen LogP contribution in [0.3, 0.4) is 0 Å². The second-order valence-electron chi connectivity index (χ2n) is 4.74. The molecule has 0 unspecified atom stereocenters. The third kappa shape index (κ3) is 4.38. The molecular weight excluding hydrogens is 254 g/mol. The summed E-state index contributed by atoms with van der Waals surface area (Å²) in [6.45, 7) is 3.84. The maximum absolute atomic E-state index is 11.9. The van der Waals surface area contributed by atoms with Crippen LogP contribution in [-0.4, -0.2) is 30.3 Å². The van der Waals surface area contributed by atoms with E-state index in [0.717, 1.165) is 11.3 Å². The summed E-state index contributed by atoms with van der Waals surface area (Å²) in [5.41, 5.74) is 0.359. The first-order valence-corrected chi connectivity index (χ1v) is 6.84. The predicted octanol–water partition coefficient (Wildman–Crippen LogP) is 2.38. The van der Waals surface area contributed by atoms with E-state index < -0.39 is 5.54 Å². The van der Waals surface area contributed by atoms with E-state index in [1.807, 2.05) is 38.1 Å². The Bertz CT molecular complexity index is 456. The van der Waals surface area contributed by atoms with Gasteiger partial charge in [0.15, 0.2) is 0 Å². The van der Waals surface area contributed by atoms with Gasteiger partial charge in [-0.1, -0.05) is 26.0 Å². The number of carbonyl (C=O) groups excluding carboxylic acids is 1. The molecule has 0 atom stereocenters. The molecule has 0 aliphatic rings. The summed E-state index contributed by atoms with van der Waals surface area (Å²) in [6.07, 6.45) is 4.59. The van der Waals surface area contributed by atoms with Gasteiger partial charge in [0.2, 0.25) is 5.91 Å². The highest BCUT2D eigenvalue weighted by Crippen LogP contribution is 2.15. The molecule has 0 aliphatic heterocycles. The summed E-state index contributed by atoms with van der Waals surface area (Å²) in [6, 6.07) is 7.46.